The van der Waals surface area contributed by atoms with Crippen LogP contribution in [0, 0.1) is 11.3 Å². The van der Waals surface area contributed by atoms with E-state index in [0.29, 0.717) is 5.89 Å². The van der Waals surface area contributed by atoms with Crippen molar-refractivity contribution < 1.29 is 14.1 Å². The Hall–Kier alpha value is -1.43. The SMILES string of the molecule is CC(C)(C)[C@H]1OCC[C@@H]1c1noc(C2CCC(C(N)=O)CC2)n1. The third-order valence-electron chi connectivity index (χ3n) is 5.21. The van der Waals surface area contributed by atoms with E-state index >= 15 is 0 Å². The van der Waals surface area contributed by atoms with Crippen LogP contribution in [0.4, 0.5) is 0 Å². The summed E-state index contributed by atoms with van der Waals surface area (Å²) in [7, 11) is 0. The second kappa shape index (κ2) is 6.23. The van der Waals surface area contributed by atoms with Crippen LogP contribution >= 0.6 is 0 Å². The summed E-state index contributed by atoms with van der Waals surface area (Å²) in [5.41, 5.74) is 5.45. The Morgan fingerprint density at radius 1 is 1.17 bits per heavy atom. The maximum Gasteiger partial charge on any atom is 0.229 e. The maximum absolute atomic E-state index is 11.3. The van der Waals surface area contributed by atoms with E-state index in [1.54, 1.807) is 0 Å². The van der Waals surface area contributed by atoms with Crippen molar-refractivity contribution in [2.75, 3.05) is 6.61 Å². The molecule has 1 saturated carbocycles. The Morgan fingerprint density at radius 3 is 2.48 bits per heavy atom. The average molecular weight is 321 g/mol. The van der Waals surface area contributed by atoms with Crippen molar-refractivity contribution in [2.45, 2.75) is 70.8 Å². The van der Waals surface area contributed by atoms with Gasteiger partial charge in [0.25, 0.3) is 0 Å². The number of hydrogen-bond acceptors (Lipinski definition) is 5. The summed E-state index contributed by atoms with van der Waals surface area (Å²) in [5.74, 6) is 1.75. The van der Waals surface area contributed by atoms with Gasteiger partial charge in [0.2, 0.25) is 11.8 Å². The van der Waals surface area contributed by atoms with Crippen LogP contribution in [-0.2, 0) is 9.53 Å². The molecular formula is C17H27N3O3. The molecule has 1 saturated heterocycles. The summed E-state index contributed by atoms with van der Waals surface area (Å²) in [6.07, 6.45) is 4.47. The number of rotatable bonds is 3. The summed E-state index contributed by atoms with van der Waals surface area (Å²) in [6.45, 7) is 7.30. The molecule has 1 aromatic rings. The van der Waals surface area contributed by atoms with Gasteiger partial charge < -0.3 is 15.0 Å². The van der Waals surface area contributed by atoms with Crippen LogP contribution in [0.5, 0.6) is 0 Å². The molecule has 2 N–H and O–H groups in total. The van der Waals surface area contributed by atoms with Crippen LogP contribution in [-0.4, -0.2) is 28.8 Å². The molecule has 1 aromatic heterocycles. The average Bonchev–Trinajstić information content (AvgIpc) is 3.15. The molecule has 1 aliphatic carbocycles. The predicted octanol–water partition coefficient (Wildman–Crippen LogP) is 2.75. The number of nitrogens with two attached hydrogens (primary N) is 1. The third kappa shape index (κ3) is 3.42. The molecule has 2 aliphatic rings. The lowest BCUT2D eigenvalue weighted by molar-refractivity contribution is -0.122. The minimum Gasteiger partial charge on any atom is -0.377 e. The highest BCUT2D eigenvalue weighted by molar-refractivity contribution is 5.76. The molecule has 23 heavy (non-hydrogen) atoms. The smallest absolute Gasteiger partial charge is 0.229 e. The van der Waals surface area contributed by atoms with E-state index < -0.39 is 0 Å². The molecule has 0 unspecified atom stereocenters. The van der Waals surface area contributed by atoms with Crippen LogP contribution in [0.15, 0.2) is 4.52 Å². The largest absolute Gasteiger partial charge is 0.377 e. The van der Waals surface area contributed by atoms with Gasteiger partial charge in [0, 0.05) is 18.4 Å². The zero-order chi connectivity index (χ0) is 16.6. The first kappa shape index (κ1) is 16.4. The third-order valence-corrected chi connectivity index (χ3v) is 5.21. The lowest BCUT2D eigenvalue weighted by atomic mass is 9.80. The first-order valence-corrected chi connectivity index (χ1v) is 8.60. The zero-order valence-electron chi connectivity index (χ0n) is 14.2. The van der Waals surface area contributed by atoms with Gasteiger partial charge in [0.1, 0.15) is 0 Å². The van der Waals surface area contributed by atoms with Crippen LogP contribution in [0.2, 0.25) is 0 Å². The lowest BCUT2D eigenvalue weighted by Gasteiger charge is -2.29. The Balaban J connectivity index is 1.68. The van der Waals surface area contributed by atoms with Gasteiger partial charge in [-0.25, -0.2) is 0 Å². The predicted molar refractivity (Wildman–Crippen MR) is 84.7 cm³/mol. The minimum absolute atomic E-state index is 0.00199. The zero-order valence-corrected chi connectivity index (χ0v) is 14.2. The maximum atomic E-state index is 11.3. The summed E-state index contributed by atoms with van der Waals surface area (Å²) >= 11 is 0. The highest BCUT2D eigenvalue weighted by atomic mass is 16.5. The fourth-order valence-corrected chi connectivity index (χ4v) is 3.90. The van der Waals surface area contributed by atoms with Crippen LogP contribution < -0.4 is 5.73 Å². The molecule has 3 rings (SSSR count). The fraction of sp³-hybridized carbons (Fsp3) is 0.824. The Labute approximate surface area is 137 Å². The van der Waals surface area contributed by atoms with Gasteiger partial charge in [0.05, 0.1) is 12.0 Å². The van der Waals surface area contributed by atoms with E-state index in [9.17, 15) is 4.79 Å². The highest BCUT2D eigenvalue weighted by Gasteiger charge is 2.41. The number of aromatic nitrogens is 2. The van der Waals surface area contributed by atoms with Crippen molar-refractivity contribution >= 4 is 5.91 Å². The molecule has 6 nitrogen and oxygen atoms in total. The van der Waals surface area contributed by atoms with Crippen molar-refractivity contribution in [3.63, 3.8) is 0 Å². The van der Waals surface area contributed by atoms with Crippen molar-refractivity contribution in [2.24, 2.45) is 17.1 Å². The van der Waals surface area contributed by atoms with E-state index in [2.05, 4.69) is 30.9 Å². The Morgan fingerprint density at radius 2 is 1.87 bits per heavy atom. The highest BCUT2D eigenvalue weighted by Crippen LogP contribution is 2.41. The summed E-state index contributed by atoms with van der Waals surface area (Å²) in [5, 5.41) is 4.23. The van der Waals surface area contributed by atoms with Gasteiger partial charge in [0.15, 0.2) is 5.82 Å². The molecule has 2 fully saturated rings. The molecule has 0 spiro atoms. The van der Waals surface area contributed by atoms with Crippen LogP contribution in [0.3, 0.4) is 0 Å². The van der Waals surface area contributed by atoms with E-state index in [1.165, 1.54) is 0 Å². The van der Waals surface area contributed by atoms with Crippen molar-refractivity contribution in [1.29, 1.82) is 0 Å². The second-order valence-electron chi connectivity index (χ2n) is 7.99. The number of amides is 1. The van der Waals surface area contributed by atoms with Gasteiger partial charge >= 0.3 is 0 Å². The molecule has 2 atom stereocenters. The molecule has 1 amide bonds. The fourth-order valence-electron chi connectivity index (χ4n) is 3.90. The number of ether oxygens (including phenoxy) is 1. The number of primary amides is 1. The monoisotopic (exact) mass is 321 g/mol. The standard InChI is InChI=1S/C17H27N3O3/c1-17(2,3)13-12(8-9-22-13)15-19-16(23-20-15)11-6-4-10(5-7-11)14(18)21/h10-13H,4-9H2,1-3H3,(H2,18,21)/t10?,11?,12-,13-/m0/s1. The quantitative estimate of drug-likeness (QED) is 0.924. The van der Waals surface area contributed by atoms with Crippen molar-refractivity contribution in [1.82, 2.24) is 10.1 Å². The molecule has 0 aromatic carbocycles. The molecule has 0 bridgehead atoms. The second-order valence-corrected chi connectivity index (χ2v) is 7.99. The number of carbonyl (C=O) groups is 1. The normalized spacial score (nSPS) is 32.1. The van der Waals surface area contributed by atoms with Gasteiger partial charge in [-0.3, -0.25) is 4.79 Å². The molecular weight excluding hydrogens is 294 g/mol. The number of hydrogen-bond donors (Lipinski definition) is 1. The molecule has 6 heteroatoms. The van der Waals surface area contributed by atoms with Gasteiger partial charge in [-0.05, 0) is 37.5 Å². The molecule has 1 aliphatic heterocycles. The number of nitrogens with zero attached hydrogens (tertiary/aromatic N) is 2. The summed E-state index contributed by atoms with van der Waals surface area (Å²) < 4.78 is 11.4. The minimum atomic E-state index is -0.189. The van der Waals surface area contributed by atoms with E-state index in [0.717, 1.165) is 44.5 Å². The van der Waals surface area contributed by atoms with Crippen molar-refractivity contribution in [3.05, 3.63) is 11.7 Å². The van der Waals surface area contributed by atoms with E-state index in [4.69, 9.17) is 15.0 Å². The van der Waals surface area contributed by atoms with Crippen molar-refractivity contribution in [3.8, 4) is 0 Å². The molecule has 128 valence electrons. The summed E-state index contributed by atoms with van der Waals surface area (Å²) in [4.78, 5) is 15.9. The lowest BCUT2D eigenvalue weighted by Crippen LogP contribution is -2.30. The molecule has 2 heterocycles. The summed E-state index contributed by atoms with van der Waals surface area (Å²) in [6, 6.07) is 0. The van der Waals surface area contributed by atoms with Gasteiger partial charge in [-0.15, -0.1) is 0 Å². The molecule has 0 radical (unpaired) electrons. The topological polar surface area (TPSA) is 91.2 Å². The Bertz CT molecular complexity index is 556. The van der Waals surface area contributed by atoms with Gasteiger partial charge in [-0.1, -0.05) is 25.9 Å². The van der Waals surface area contributed by atoms with Gasteiger partial charge in [-0.2, -0.15) is 4.98 Å². The van der Waals surface area contributed by atoms with Crippen LogP contribution in [0.25, 0.3) is 0 Å². The van der Waals surface area contributed by atoms with E-state index in [1.807, 2.05) is 0 Å². The first-order chi connectivity index (χ1) is 10.9. The Kier molecular flexibility index (Phi) is 4.45. The van der Waals surface area contributed by atoms with E-state index in [-0.39, 0.29) is 35.2 Å². The number of carbonyl (C=O) groups excluding carboxylic acids is 1. The van der Waals surface area contributed by atoms with Crippen LogP contribution in [0.1, 0.15) is 76.4 Å². The first-order valence-electron chi connectivity index (χ1n) is 8.60.